The van der Waals surface area contributed by atoms with Crippen molar-refractivity contribution in [2.24, 2.45) is 10.2 Å². The maximum Gasteiger partial charge on any atom is 0.283 e. The number of nitrogens with zero attached hydrogens (tertiary/aromatic N) is 3. The Balaban J connectivity index is 1.40. The van der Waals surface area contributed by atoms with Gasteiger partial charge in [-0.05, 0) is 18.2 Å². The first-order valence-corrected chi connectivity index (χ1v) is 9.60. The van der Waals surface area contributed by atoms with Crippen LogP contribution in [0.4, 0.5) is 5.69 Å². The summed E-state index contributed by atoms with van der Waals surface area (Å²) in [4.78, 5) is 24.4. The average Bonchev–Trinajstić information content (AvgIpc) is 3.07. The molecule has 0 saturated carbocycles. The molecule has 4 rings (SSSR count). The summed E-state index contributed by atoms with van der Waals surface area (Å²) in [6.07, 6.45) is 0.768. The van der Waals surface area contributed by atoms with E-state index in [1.165, 1.54) is 0 Å². The number of nitrogens with one attached hydrogen (secondary N) is 1. The van der Waals surface area contributed by atoms with Gasteiger partial charge in [-0.2, -0.15) is 0 Å². The van der Waals surface area contributed by atoms with Crippen molar-refractivity contribution in [1.29, 1.82) is 0 Å². The first kappa shape index (κ1) is 20.1. The summed E-state index contributed by atoms with van der Waals surface area (Å²) in [5, 5.41) is 21.1. The quantitative estimate of drug-likeness (QED) is 0.470. The minimum absolute atomic E-state index is 0.0369. The fourth-order valence-electron chi connectivity index (χ4n) is 3.25. The summed E-state index contributed by atoms with van der Waals surface area (Å²) >= 11 is 0. The number of carbonyl (C=O) groups is 2. The van der Waals surface area contributed by atoms with Crippen LogP contribution in [-0.4, -0.2) is 40.7 Å². The number of ether oxygens (including phenoxy) is 2. The van der Waals surface area contributed by atoms with E-state index < -0.39 is 17.9 Å². The molecule has 0 fully saturated rings. The molecule has 2 aromatic carbocycles. The number of para-hydroxylation sites is 3. The van der Waals surface area contributed by atoms with Crippen molar-refractivity contribution in [1.82, 2.24) is 9.88 Å². The van der Waals surface area contributed by atoms with Gasteiger partial charge >= 0.3 is 0 Å². The summed E-state index contributed by atoms with van der Waals surface area (Å²) < 4.78 is 12.7. The number of azo groups is 1. The smallest absolute Gasteiger partial charge is 0.283 e. The van der Waals surface area contributed by atoms with E-state index in [2.05, 4.69) is 22.1 Å². The van der Waals surface area contributed by atoms with E-state index in [1.54, 1.807) is 47.0 Å². The van der Waals surface area contributed by atoms with E-state index in [4.69, 9.17) is 9.47 Å². The number of benzene rings is 2. The highest BCUT2D eigenvalue weighted by Crippen LogP contribution is 2.38. The third kappa shape index (κ3) is 4.11. The van der Waals surface area contributed by atoms with E-state index in [-0.39, 0.29) is 24.7 Å². The maximum atomic E-state index is 12.3. The van der Waals surface area contributed by atoms with Gasteiger partial charge in [-0.1, -0.05) is 36.4 Å². The number of allylic oxidation sites excluding steroid dienone is 1. The summed E-state index contributed by atoms with van der Waals surface area (Å²) in [7, 11) is 0. The number of fused-ring (bicyclic) bond motifs is 2. The van der Waals surface area contributed by atoms with Crippen molar-refractivity contribution in [3.63, 3.8) is 0 Å². The molecule has 9 nitrogen and oxygen atoms in total. The van der Waals surface area contributed by atoms with E-state index in [9.17, 15) is 14.7 Å². The Morgan fingerprint density at radius 3 is 2.74 bits per heavy atom. The molecule has 31 heavy (non-hydrogen) atoms. The van der Waals surface area contributed by atoms with Gasteiger partial charge in [-0.3, -0.25) is 9.59 Å². The Morgan fingerprint density at radius 2 is 1.94 bits per heavy atom. The van der Waals surface area contributed by atoms with Crippen molar-refractivity contribution < 1.29 is 24.2 Å². The van der Waals surface area contributed by atoms with Crippen LogP contribution in [-0.2, 0) is 16.1 Å². The van der Waals surface area contributed by atoms with Crippen molar-refractivity contribution in [3.8, 4) is 17.4 Å². The molecular weight excluding hydrogens is 400 g/mol. The molecule has 2 amide bonds. The average molecular weight is 420 g/mol. The maximum absolute atomic E-state index is 12.3. The summed E-state index contributed by atoms with van der Waals surface area (Å²) in [5.41, 5.74) is 0.919. The number of carbonyl (C=O) groups excluding carboxylic acids is 2. The zero-order chi connectivity index (χ0) is 21.8. The van der Waals surface area contributed by atoms with Gasteiger partial charge in [0.05, 0.1) is 5.52 Å². The highest BCUT2D eigenvalue weighted by Gasteiger charge is 2.27. The number of aromatic hydroxyl groups is 1. The van der Waals surface area contributed by atoms with E-state index >= 15 is 0 Å². The minimum atomic E-state index is -0.874. The molecule has 0 aliphatic carbocycles. The Labute approximate surface area is 177 Å². The van der Waals surface area contributed by atoms with E-state index in [0.717, 1.165) is 5.52 Å². The Hall–Kier alpha value is -4.14. The fourth-order valence-corrected chi connectivity index (χ4v) is 3.25. The van der Waals surface area contributed by atoms with Gasteiger partial charge in [0.1, 0.15) is 13.2 Å². The minimum Gasteiger partial charge on any atom is -0.493 e. The fraction of sp³-hybridized carbons (Fsp3) is 0.182. The lowest BCUT2D eigenvalue weighted by molar-refractivity contribution is -0.132. The first-order chi connectivity index (χ1) is 15.1. The van der Waals surface area contributed by atoms with Crippen LogP contribution < -0.4 is 14.8 Å². The number of amides is 2. The van der Waals surface area contributed by atoms with Crippen molar-refractivity contribution in [3.05, 3.63) is 61.2 Å². The molecule has 1 aliphatic heterocycles. The molecule has 2 heterocycles. The highest BCUT2D eigenvalue weighted by atomic mass is 16.6. The van der Waals surface area contributed by atoms with Crippen molar-refractivity contribution in [2.75, 3.05) is 13.2 Å². The predicted molar refractivity (Wildman–Crippen MR) is 113 cm³/mol. The second-order valence-corrected chi connectivity index (χ2v) is 6.76. The monoisotopic (exact) mass is 420 g/mol. The van der Waals surface area contributed by atoms with Gasteiger partial charge in [-0.15, -0.1) is 16.8 Å². The molecular formula is C22H20N4O5. The first-order valence-electron chi connectivity index (χ1n) is 9.60. The molecule has 1 aromatic heterocycles. The van der Waals surface area contributed by atoms with Crippen LogP contribution in [0.25, 0.3) is 10.9 Å². The lowest BCUT2D eigenvalue weighted by atomic mass is 10.2. The Kier molecular flexibility index (Phi) is 5.65. The Bertz CT molecular complexity index is 1180. The standard InChI is InChI=1S/C22H20N4O5/c1-2-11-26-15-8-4-3-7-14(15)20(22(26)29)25-24-19(27)12-23-21(28)18-13-30-16-9-5-6-10-17(16)31-18/h2-10,18,29H,1,11-13H2,(H,23,28). The van der Waals surface area contributed by atoms with Gasteiger partial charge in [0.25, 0.3) is 11.8 Å². The van der Waals surface area contributed by atoms with Crippen LogP contribution >= 0.6 is 0 Å². The predicted octanol–water partition coefficient (Wildman–Crippen LogP) is 3.10. The van der Waals surface area contributed by atoms with Crippen LogP contribution in [0.2, 0.25) is 0 Å². The Morgan fingerprint density at radius 1 is 1.19 bits per heavy atom. The van der Waals surface area contributed by atoms with Crippen LogP contribution in [0, 0.1) is 0 Å². The van der Waals surface area contributed by atoms with Gasteiger partial charge < -0.3 is 24.5 Å². The van der Waals surface area contributed by atoms with Crippen LogP contribution in [0.1, 0.15) is 0 Å². The molecule has 1 unspecified atom stereocenters. The van der Waals surface area contributed by atoms with E-state index in [1.807, 2.05) is 12.1 Å². The molecule has 0 radical (unpaired) electrons. The van der Waals surface area contributed by atoms with Crippen molar-refractivity contribution in [2.45, 2.75) is 12.6 Å². The van der Waals surface area contributed by atoms with E-state index in [0.29, 0.717) is 23.4 Å². The topological polar surface area (TPSA) is 115 Å². The van der Waals surface area contributed by atoms with Crippen LogP contribution in [0.15, 0.2) is 71.4 Å². The number of hydrogen-bond acceptors (Lipinski definition) is 6. The summed E-state index contributed by atoms with van der Waals surface area (Å²) in [5.74, 6) is -0.264. The molecule has 0 spiro atoms. The van der Waals surface area contributed by atoms with Gasteiger partial charge in [-0.25, -0.2) is 0 Å². The number of hydrogen-bond donors (Lipinski definition) is 2. The zero-order valence-electron chi connectivity index (χ0n) is 16.5. The molecule has 0 bridgehead atoms. The third-order valence-corrected chi connectivity index (χ3v) is 4.71. The molecule has 3 aromatic rings. The summed E-state index contributed by atoms with van der Waals surface area (Å²) in [6.45, 7) is 3.72. The van der Waals surface area contributed by atoms with Gasteiger partial charge in [0, 0.05) is 11.9 Å². The van der Waals surface area contributed by atoms with Gasteiger partial charge in [0.15, 0.2) is 17.2 Å². The van der Waals surface area contributed by atoms with Crippen molar-refractivity contribution >= 4 is 28.4 Å². The second-order valence-electron chi connectivity index (χ2n) is 6.76. The van der Waals surface area contributed by atoms with Crippen LogP contribution in [0.5, 0.6) is 17.4 Å². The van der Waals surface area contributed by atoms with Gasteiger partial charge in [0.2, 0.25) is 12.0 Å². The molecule has 9 heteroatoms. The van der Waals surface area contributed by atoms with Crippen LogP contribution in [0.3, 0.4) is 0 Å². The number of rotatable bonds is 6. The SMILES string of the molecule is C=CCn1c(O)c(N=NC(=O)CNC(=O)C2COc3ccccc3O2)c2ccccc21. The second kappa shape index (κ2) is 8.70. The molecule has 158 valence electrons. The lowest BCUT2D eigenvalue weighted by Gasteiger charge is -2.25. The summed E-state index contributed by atoms with van der Waals surface area (Å²) in [6, 6.07) is 14.2. The zero-order valence-corrected chi connectivity index (χ0v) is 16.5. The normalized spacial score (nSPS) is 15.2. The molecule has 1 aliphatic rings. The lowest BCUT2D eigenvalue weighted by Crippen LogP contribution is -2.45. The molecule has 1 atom stereocenters. The molecule has 2 N–H and O–H groups in total. The molecule has 0 saturated heterocycles. The highest BCUT2D eigenvalue weighted by molar-refractivity contribution is 5.95. The third-order valence-electron chi connectivity index (χ3n) is 4.71. The largest absolute Gasteiger partial charge is 0.493 e. The number of aromatic nitrogens is 1.